The zero-order valence-corrected chi connectivity index (χ0v) is 11.9. The van der Waals surface area contributed by atoms with E-state index in [4.69, 9.17) is 0 Å². The third kappa shape index (κ3) is 2.56. The van der Waals surface area contributed by atoms with Gasteiger partial charge in [-0.25, -0.2) is 6.07 Å². The van der Waals surface area contributed by atoms with Gasteiger partial charge in [-0.15, -0.1) is 31.4 Å². The molecule has 0 bridgehead atoms. The van der Waals surface area contributed by atoms with Crippen LogP contribution in [-0.2, 0) is 32.7 Å². The van der Waals surface area contributed by atoms with Crippen LogP contribution < -0.4 is 0 Å². The molecule has 0 spiro atoms. The van der Waals surface area contributed by atoms with E-state index in [0.717, 1.165) is 11.1 Å². The molecule has 0 atom stereocenters. The maximum Gasteiger partial charge on any atom is 0 e. The topological polar surface area (TPSA) is 0 Å². The van der Waals surface area contributed by atoms with Crippen LogP contribution in [0.5, 0.6) is 0 Å². The first-order chi connectivity index (χ1) is 6.83. The molecular formula is C14H12Y-2. The van der Waals surface area contributed by atoms with Gasteiger partial charge >= 0.3 is 0 Å². The van der Waals surface area contributed by atoms with Gasteiger partial charge in [0.1, 0.15) is 0 Å². The molecule has 0 nitrogen and oxygen atoms in total. The second kappa shape index (κ2) is 5.58. The van der Waals surface area contributed by atoms with Gasteiger partial charge in [0.15, 0.2) is 0 Å². The van der Waals surface area contributed by atoms with Crippen molar-refractivity contribution in [3.05, 3.63) is 54.1 Å². The molecule has 0 aromatic heterocycles. The molecule has 2 aromatic carbocycles. The second-order valence-corrected chi connectivity index (χ2v) is 3.31. The Bertz CT molecular complexity index is 478. The summed E-state index contributed by atoms with van der Waals surface area (Å²) in [5.41, 5.74) is 2.31. The van der Waals surface area contributed by atoms with Gasteiger partial charge in [0.05, 0.1) is 0 Å². The number of fused-ring (bicyclic) bond motifs is 1. The van der Waals surface area contributed by atoms with E-state index in [2.05, 4.69) is 49.4 Å². The van der Waals surface area contributed by atoms with Crippen molar-refractivity contribution in [2.75, 3.05) is 0 Å². The molecular weight excluding hydrogens is 257 g/mol. The number of allylic oxidation sites excluding steroid dienone is 2. The van der Waals surface area contributed by atoms with Crippen molar-refractivity contribution in [2.45, 2.75) is 13.8 Å². The molecule has 73 valence electrons. The summed E-state index contributed by atoms with van der Waals surface area (Å²) < 4.78 is 0. The Hall–Kier alpha value is -0.456. The van der Waals surface area contributed by atoms with Crippen LogP contribution in [0, 0.1) is 12.1 Å². The maximum absolute atomic E-state index is 3.26. The molecule has 0 fully saturated rings. The summed E-state index contributed by atoms with van der Waals surface area (Å²) in [7, 11) is 0. The van der Waals surface area contributed by atoms with E-state index in [1.165, 1.54) is 10.8 Å². The van der Waals surface area contributed by atoms with Crippen molar-refractivity contribution in [3.8, 4) is 0 Å². The fourth-order valence-electron chi connectivity index (χ4n) is 1.60. The Labute approximate surface area is 116 Å². The molecule has 0 N–H and O–H groups in total. The summed E-state index contributed by atoms with van der Waals surface area (Å²) in [5.74, 6) is 0. The molecule has 0 saturated heterocycles. The average molecular weight is 269 g/mol. The first kappa shape index (κ1) is 12.6. The number of hydrogen-bond donors (Lipinski definition) is 0. The third-order valence-electron chi connectivity index (χ3n) is 2.47. The van der Waals surface area contributed by atoms with E-state index in [-0.39, 0.29) is 32.7 Å². The van der Waals surface area contributed by atoms with Crippen molar-refractivity contribution in [1.82, 2.24) is 0 Å². The Morgan fingerprint density at radius 3 is 2.67 bits per heavy atom. The quantitative estimate of drug-likeness (QED) is 0.689. The first-order valence-electron chi connectivity index (χ1n) is 4.74. The van der Waals surface area contributed by atoms with Crippen molar-refractivity contribution in [1.29, 1.82) is 0 Å². The average Bonchev–Trinajstić information content (AvgIpc) is 2.27. The molecule has 1 heteroatoms. The van der Waals surface area contributed by atoms with Crippen LogP contribution in [0.4, 0.5) is 0 Å². The largest absolute Gasteiger partial charge is 0.327 e. The first-order valence-corrected chi connectivity index (χ1v) is 4.74. The van der Waals surface area contributed by atoms with Crippen LogP contribution in [0.1, 0.15) is 19.4 Å². The van der Waals surface area contributed by atoms with Gasteiger partial charge in [0, 0.05) is 32.7 Å². The van der Waals surface area contributed by atoms with Gasteiger partial charge in [-0.3, -0.25) is 5.56 Å². The monoisotopic (exact) mass is 269 g/mol. The smallest absolute Gasteiger partial charge is 0 e. The van der Waals surface area contributed by atoms with Crippen molar-refractivity contribution >= 4 is 16.3 Å². The summed E-state index contributed by atoms with van der Waals surface area (Å²) in [6.07, 6.45) is 3.16. The third-order valence-corrected chi connectivity index (χ3v) is 2.47. The predicted octanol–water partition coefficient (Wildman–Crippen LogP) is 3.86. The SMILES string of the molecule is C[C-]=C(C)c1[c-]ccc2ccccc12.[Y]. The molecule has 0 heterocycles. The van der Waals surface area contributed by atoms with E-state index < -0.39 is 0 Å². The zero-order valence-electron chi connectivity index (χ0n) is 9.04. The standard InChI is InChI=1S/C14H12.Y/c1-3-11(2)13-10-6-8-12-7-4-5-9-14(12)13;/h4-9H,1-2H3;/q-2;. The fraction of sp³-hybridized carbons (Fsp3) is 0.143. The number of hydrogen-bond acceptors (Lipinski definition) is 0. The molecule has 2 rings (SSSR count). The molecule has 2 aromatic rings. The number of benzene rings is 2. The molecule has 0 aliphatic rings. The van der Waals surface area contributed by atoms with E-state index >= 15 is 0 Å². The van der Waals surface area contributed by atoms with Crippen LogP contribution >= 0.6 is 0 Å². The van der Waals surface area contributed by atoms with Gasteiger partial charge in [0.25, 0.3) is 0 Å². The Kier molecular flexibility index (Phi) is 4.69. The summed E-state index contributed by atoms with van der Waals surface area (Å²) in [6, 6.07) is 15.7. The van der Waals surface area contributed by atoms with Crippen LogP contribution in [-0.4, -0.2) is 0 Å². The van der Waals surface area contributed by atoms with Crippen LogP contribution in [0.25, 0.3) is 16.3 Å². The Morgan fingerprint density at radius 2 is 1.93 bits per heavy atom. The fourth-order valence-corrected chi connectivity index (χ4v) is 1.60. The zero-order chi connectivity index (χ0) is 9.97. The van der Waals surface area contributed by atoms with Gasteiger partial charge in [-0.1, -0.05) is 18.2 Å². The van der Waals surface area contributed by atoms with Gasteiger partial charge in [0.2, 0.25) is 0 Å². The summed E-state index contributed by atoms with van der Waals surface area (Å²) >= 11 is 0. The Morgan fingerprint density at radius 1 is 1.20 bits per heavy atom. The van der Waals surface area contributed by atoms with Gasteiger partial charge < -0.3 is 11.6 Å². The molecule has 0 unspecified atom stereocenters. The Balaban J connectivity index is 0.00000112. The van der Waals surface area contributed by atoms with Crippen LogP contribution in [0.15, 0.2) is 36.4 Å². The molecule has 0 amide bonds. The van der Waals surface area contributed by atoms with Crippen LogP contribution in [0.3, 0.4) is 0 Å². The van der Waals surface area contributed by atoms with E-state index in [9.17, 15) is 0 Å². The minimum atomic E-state index is 0. The van der Waals surface area contributed by atoms with Crippen molar-refractivity contribution in [2.24, 2.45) is 0 Å². The van der Waals surface area contributed by atoms with Gasteiger partial charge in [-0.2, -0.15) is 11.5 Å². The molecule has 0 saturated carbocycles. The molecule has 1 radical (unpaired) electrons. The predicted molar refractivity (Wildman–Crippen MR) is 60.8 cm³/mol. The van der Waals surface area contributed by atoms with Gasteiger partial charge in [-0.05, 0) is 0 Å². The maximum atomic E-state index is 3.26. The molecule has 0 aliphatic carbocycles. The summed E-state index contributed by atoms with van der Waals surface area (Å²) in [4.78, 5) is 0. The normalized spacial score (nSPS) is 11.2. The van der Waals surface area contributed by atoms with Crippen molar-refractivity contribution in [3.63, 3.8) is 0 Å². The number of rotatable bonds is 1. The summed E-state index contributed by atoms with van der Waals surface area (Å²) in [6.45, 7) is 4.00. The van der Waals surface area contributed by atoms with E-state index in [1.807, 2.05) is 13.0 Å². The summed E-state index contributed by atoms with van der Waals surface area (Å²) in [5, 5.41) is 2.51. The second-order valence-electron chi connectivity index (χ2n) is 3.31. The minimum Gasteiger partial charge on any atom is -0.327 e. The van der Waals surface area contributed by atoms with Crippen LogP contribution in [0.2, 0.25) is 0 Å². The van der Waals surface area contributed by atoms with E-state index in [0.29, 0.717) is 0 Å². The molecule has 15 heavy (non-hydrogen) atoms. The molecule has 0 aliphatic heterocycles. The minimum absolute atomic E-state index is 0. The van der Waals surface area contributed by atoms with Crippen molar-refractivity contribution < 1.29 is 32.7 Å². The van der Waals surface area contributed by atoms with E-state index in [1.54, 1.807) is 0 Å².